The minimum Gasteiger partial charge on any atom is -0.370 e. The molecule has 4 rings (SSSR count). The van der Waals surface area contributed by atoms with Crippen molar-refractivity contribution in [3.8, 4) is 0 Å². The summed E-state index contributed by atoms with van der Waals surface area (Å²) in [6, 6.07) is 4.39. The highest BCUT2D eigenvalue weighted by atomic mass is 32.2. The molecule has 1 spiro atoms. The van der Waals surface area contributed by atoms with E-state index in [9.17, 15) is 26.4 Å². The number of nitrogens with one attached hydrogen (secondary N) is 1. The third-order valence-corrected chi connectivity index (χ3v) is 9.30. The highest BCUT2D eigenvalue weighted by Crippen LogP contribution is 2.40. The molecule has 2 saturated heterocycles. The van der Waals surface area contributed by atoms with E-state index in [4.69, 9.17) is 4.74 Å². The number of rotatable bonds is 6. The van der Waals surface area contributed by atoms with Crippen LogP contribution in [0.25, 0.3) is 0 Å². The molecule has 32 heavy (non-hydrogen) atoms. The zero-order valence-corrected chi connectivity index (χ0v) is 18.8. The van der Waals surface area contributed by atoms with Crippen molar-refractivity contribution < 1.29 is 31.1 Å². The average Bonchev–Trinajstić information content (AvgIpc) is 3.41. The van der Waals surface area contributed by atoms with Crippen LogP contribution in [0.2, 0.25) is 0 Å². The highest BCUT2D eigenvalue weighted by molar-refractivity contribution is 7.91. The van der Waals surface area contributed by atoms with Gasteiger partial charge in [-0.25, -0.2) is 21.6 Å². The molecule has 1 amide bonds. The number of piperidine rings is 1. The fourth-order valence-corrected chi connectivity index (χ4v) is 6.86. The Labute approximate surface area is 188 Å². The molecule has 1 aromatic carbocycles. The number of carbonyl (C=O) groups excluding carboxylic acids is 1. The predicted octanol–water partition coefficient (Wildman–Crippen LogP) is 3.23. The van der Waals surface area contributed by atoms with E-state index in [0.717, 1.165) is 6.42 Å². The van der Waals surface area contributed by atoms with Gasteiger partial charge in [-0.15, -0.1) is 11.3 Å². The summed E-state index contributed by atoms with van der Waals surface area (Å²) in [7, 11) is -3.48. The first-order chi connectivity index (χ1) is 15.2. The quantitative estimate of drug-likeness (QED) is 0.678. The number of benzene rings is 1. The van der Waals surface area contributed by atoms with Crippen molar-refractivity contribution in [3.05, 3.63) is 52.7 Å². The zero-order chi connectivity index (χ0) is 22.9. The largest absolute Gasteiger partial charge is 0.370 e. The van der Waals surface area contributed by atoms with E-state index in [-0.39, 0.29) is 12.6 Å². The Morgan fingerprint density at radius 2 is 1.88 bits per heavy atom. The van der Waals surface area contributed by atoms with Crippen LogP contribution in [-0.2, 0) is 26.0 Å². The Hall–Kier alpha value is -1.95. The monoisotopic (exact) mass is 488 g/mol. The van der Waals surface area contributed by atoms with Crippen molar-refractivity contribution in [1.82, 2.24) is 9.62 Å². The van der Waals surface area contributed by atoms with E-state index in [1.807, 2.05) is 0 Å². The summed E-state index contributed by atoms with van der Waals surface area (Å²) >= 11 is 1.19. The van der Waals surface area contributed by atoms with Gasteiger partial charge < -0.3 is 10.1 Å². The summed E-state index contributed by atoms with van der Waals surface area (Å²) in [6.45, 7) is 0.910. The normalized spacial score (nSPS) is 21.2. The van der Waals surface area contributed by atoms with Crippen LogP contribution in [0, 0.1) is 17.5 Å². The molecule has 3 heterocycles. The van der Waals surface area contributed by atoms with E-state index in [0.29, 0.717) is 48.7 Å². The number of carbonyl (C=O) groups is 1. The molecule has 2 aliphatic heterocycles. The lowest BCUT2D eigenvalue weighted by Gasteiger charge is -2.38. The maximum absolute atomic E-state index is 13.7. The van der Waals surface area contributed by atoms with Gasteiger partial charge in [0, 0.05) is 37.3 Å². The summed E-state index contributed by atoms with van der Waals surface area (Å²) in [6.07, 6.45) is 1.77. The predicted molar refractivity (Wildman–Crippen MR) is 112 cm³/mol. The van der Waals surface area contributed by atoms with Gasteiger partial charge in [0.2, 0.25) is 5.91 Å². The number of hydrogen-bond donors (Lipinski definition) is 1. The Kier molecular flexibility index (Phi) is 6.62. The Balaban J connectivity index is 1.27. The molecule has 2 aromatic rings. The van der Waals surface area contributed by atoms with Crippen molar-refractivity contribution in [2.45, 2.75) is 48.0 Å². The number of hydrogen-bond acceptors (Lipinski definition) is 5. The number of halogens is 3. The molecular formula is C21H23F3N2O4S2. The van der Waals surface area contributed by atoms with Gasteiger partial charge in [-0.05, 0) is 37.1 Å². The molecule has 174 valence electrons. The number of ether oxygens (including phenoxy) is 1. The van der Waals surface area contributed by atoms with Crippen LogP contribution in [0.1, 0.15) is 31.2 Å². The summed E-state index contributed by atoms with van der Waals surface area (Å²) in [5, 5.41) is 4.35. The van der Waals surface area contributed by atoms with Crippen LogP contribution in [0.15, 0.2) is 33.9 Å². The van der Waals surface area contributed by atoms with Gasteiger partial charge in [0.1, 0.15) is 21.7 Å². The molecule has 6 nitrogen and oxygen atoms in total. The van der Waals surface area contributed by atoms with Crippen molar-refractivity contribution in [2.24, 2.45) is 0 Å². The van der Waals surface area contributed by atoms with Gasteiger partial charge in [-0.3, -0.25) is 4.79 Å². The lowest BCUT2D eigenvalue weighted by molar-refractivity contribution is -0.122. The second kappa shape index (κ2) is 9.12. The summed E-state index contributed by atoms with van der Waals surface area (Å²) in [5.74, 6) is -3.82. The van der Waals surface area contributed by atoms with E-state index in [2.05, 4.69) is 5.32 Å². The Bertz CT molecular complexity index is 1060. The molecule has 1 atom stereocenters. The van der Waals surface area contributed by atoms with Gasteiger partial charge in [0.15, 0.2) is 0 Å². The third-order valence-electron chi connectivity index (χ3n) is 6.03. The first-order valence-electron chi connectivity index (χ1n) is 10.3. The smallest absolute Gasteiger partial charge is 0.252 e. The van der Waals surface area contributed by atoms with Gasteiger partial charge in [-0.1, -0.05) is 6.07 Å². The molecule has 1 aromatic heterocycles. The van der Waals surface area contributed by atoms with Crippen LogP contribution in [0.4, 0.5) is 13.2 Å². The van der Waals surface area contributed by atoms with Crippen LogP contribution in [-0.4, -0.2) is 50.0 Å². The zero-order valence-electron chi connectivity index (χ0n) is 17.2. The van der Waals surface area contributed by atoms with E-state index in [1.54, 1.807) is 17.5 Å². The summed E-state index contributed by atoms with van der Waals surface area (Å²) in [4.78, 5) is 12.1. The number of thiophene rings is 1. The standard InChI is InChI=1S/C21H23F3N2O4S2/c22-14-10-17(23)16(18(24)11-14)12-19(27)25-13-15-3-4-21(30-15)5-7-26(8-6-21)32(28,29)20-2-1-9-31-20/h1-2,9-11,15H,3-8,12-13H2,(H,25,27). The van der Waals surface area contributed by atoms with Crippen molar-refractivity contribution in [3.63, 3.8) is 0 Å². The molecule has 1 unspecified atom stereocenters. The van der Waals surface area contributed by atoms with Crippen molar-refractivity contribution in [1.29, 1.82) is 0 Å². The highest BCUT2D eigenvalue weighted by Gasteiger charge is 2.44. The molecule has 0 bridgehead atoms. The van der Waals surface area contributed by atoms with Gasteiger partial charge >= 0.3 is 0 Å². The average molecular weight is 489 g/mol. The first kappa shape index (κ1) is 23.2. The molecular weight excluding hydrogens is 465 g/mol. The number of nitrogens with zero attached hydrogens (tertiary/aromatic N) is 1. The van der Waals surface area contributed by atoms with Crippen LogP contribution >= 0.6 is 11.3 Å². The third kappa shape index (κ3) is 4.85. The Morgan fingerprint density at radius 1 is 1.19 bits per heavy atom. The van der Waals surface area contributed by atoms with Crippen LogP contribution in [0.3, 0.4) is 0 Å². The molecule has 0 aliphatic carbocycles. The van der Waals surface area contributed by atoms with Crippen LogP contribution in [0.5, 0.6) is 0 Å². The molecule has 2 fully saturated rings. The fourth-order valence-electron chi connectivity index (χ4n) is 4.27. The number of amides is 1. The van der Waals surface area contributed by atoms with Crippen molar-refractivity contribution >= 4 is 27.3 Å². The van der Waals surface area contributed by atoms with E-state index in [1.165, 1.54) is 15.6 Å². The second-order valence-corrected chi connectivity index (χ2v) is 11.2. The molecule has 0 radical (unpaired) electrons. The minimum atomic E-state index is -3.48. The molecule has 1 N–H and O–H groups in total. The first-order valence-corrected chi connectivity index (χ1v) is 12.6. The van der Waals surface area contributed by atoms with Gasteiger partial charge in [0.05, 0.1) is 18.1 Å². The molecule has 0 saturated carbocycles. The van der Waals surface area contributed by atoms with Gasteiger partial charge in [0.25, 0.3) is 10.0 Å². The summed E-state index contributed by atoms with van der Waals surface area (Å²) in [5.41, 5.74) is -0.904. The topological polar surface area (TPSA) is 75.7 Å². The Morgan fingerprint density at radius 3 is 2.50 bits per heavy atom. The van der Waals surface area contributed by atoms with E-state index < -0.39 is 51.0 Å². The second-order valence-electron chi connectivity index (χ2n) is 8.13. The fraction of sp³-hybridized carbons (Fsp3) is 0.476. The maximum Gasteiger partial charge on any atom is 0.252 e. The minimum absolute atomic E-state index is 0.183. The lowest BCUT2D eigenvalue weighted by Crippen LogP contribution is -2.47. The lowest BCUT2D eigenvalue weighted by atomic mass is 9.89. The molecule has 2 aliphatic rings. The van der Waals surface area contributed by atoms with Crippen molar-refractivity contribution in [2.75, 3.05) is 19.6 Å². The maximum atomic E-state index is 13.7. The SMILES string of the molecule is O=C(Cc1c(F)cc(F)cc1F)NCC1CCC2(CCN(S(=O)(=O)c3cccs3)CC2)O1. The van der Waals surface area contributed by atoms with Gasteiger partial charge in [-0.2, -0.15) is 4.31 Å². The summed E-state index contributed by atoms with van der Waals surface area (Å²) < 4.78 is 73.8. The van der Waals surface area contributed by atoms with Crippen LogP contribution < -0.4 is 5.32 Å². The molecule has 11 heteroatoms. The van der Waals surface area contributed by atoms with E-state index >= 15 is 0 Å². The number of sulfonamides is 1.